The van der Waals surface area contributed by atoms with Crippen LogP contribution in [0.25, 0.3) is 11.3 Å². The normalized spacial score (nSPS) is 21.2. The van der Waals surface area contributed by atoms with Gasteiger partial charge in [-0.2, -0.15) is 0 Å². The van der Waals surface area contributed by atoms with Gasteiger partial charge in [0, 0.05) is 35.2 Å². The Hall–Kier alpha value is -1.72. The Bertz CT molecular complexity index is 722. The zero-order chi connectivity index (χ0) is 18.0. The predicted octanol–water partition coefficient (Wildman–Crippen LogP) is 4.72. The first-order valence-corrected chi connectivity index (χ1v) is 8.96. The van der Waals surface area contributed by atoms with Gasteiger partial charge in [-0.25, -0.2) is 9.37 Å². The second-order valence-corrected chi connectivity index (χ2v) is 7.52. The van der Waals surface area contributed by atoms with Gasteiger partial charge in [0.2, 0.25) is 0 Å². The van der Waals surface area contributed by atoms with E-state index in [4.69, 9.17) is 11.6 Å². The minimum Gasteiger partial charge on any atom is -0.386 e. The summed E-state index contributed by atoms with van der Waals surface area (Å²) < 4.78 is 13.3. The van der Waals surface area contributed by atoms with Crippen LogP contribution in [0.15, 0.2) is 30.6 Å². The minimum atomic E-state index is -0.935. The monoisotopic (exact) mass is 363 g/mol. The second-order valence-electron chi connectivity index (χ2n) is 7.14. The van der Waals surface area contributed by atoms with Gasteiger partial charge in [-0.05, 0) is 51.7 Å². The lowest BCUT2D eigenvalue weighted by atomic mass is 9.93. The average Bonchev–Trinajstić information content (AvgIpc) is 2.56. The fourth-order valence-electron chi connectivity index (χ4n) is 3.09. The Morgan fingerprint density at radius 3 is 2.48 bits per heavy atom. The van der Waals surface area contributed by atoms with Gasteiger partial charge in [-0.3, -0.25) is 4.98 Å². The third-order valence-corrected chi connectivity index (χ3v) is 4.84. The number of anilines is 1. The molecule has 2 heterocycles. The van der Waals surface area contributed by atoms with E-state index >= 15 is 0 Å². The summed E-state index contributed by atoms with van der Waals surface area (Å²) in [5.74, 6) is 0. The van der Waals surface area contributed by atoms with Crippen molar-refractivity contribution in [1.82, 2.24) is 9.97 Å². The Labute approximate surface area is 152 Å². The molecule has 6 heteroatoms. The van der Waals surface area contributed by atoms with Gasteiger partial charge in [-0.1, -0.05) is 17.7 Å². The summed E-state index contributed by atoms with van der Waals surface area (Å²) in [7, 11) is 0. The molecule has 134 valence electrons. The molecule has 2 aromatic rings. The maximum absolute atomic E-state index is 13.3. The lowest BCUT2D eigenvalue weighted by Crippen LogP contribution is -2.26. The maximum Gasteiger partial charge on any atom is 0.131 e. The van der Waals surface area contributed by atoms with Crippen molar-refractivity contribution in [3.05, 3.63) is 41.3 Å². The van der Waals surface area contributed by atoms with Crippen molar-refractivity contribution in [3.8, 4) is 11.3 Å². The molecule has 25 heavy (non-hydrogen) atoms. The molecule has 2 N–H and O–H groups in total. The van der Waals surface area contributed by atoms with Crippen LogP contribution in [-0.4, -0.2) is 27.3 Å². The van der Waals surface area contributed by atoms with E-state index in [1.54, 1.807) is 32.3 Å². The van der Waals surface area contributed by atoms with Crippen LogP contribution in [0.1, 0.15) is 45.1 Å². The number of aromatic nitrogens is 2. The van der Waals surface area contributed by atoms with Gasteiger partial charge < -0.3 is 10.4 Å². The van der Waals surface area contributed by atoms with Crippen LogP contribution < -0.4 is 5.32 Å². The van der Waals surface area contributed by atoms with Crippen LogP contribution >= 0.6 is 11.6 Å². The Kier molecular flexibility index (Phi) is 5.25. The topological polar surface area (TPSA) is 58.0 Å². The summed E-state index contributed by atoms with van der Waals surface area (Å²) in [6.07, 6.45) is 5.44. The summed E-state index contributed by atoms with van der Waals surface area (Å²) in [6.45, 7) is 3.45. The van der Waals surface area contributed by atoms with Crippen LogP contribution in [0.3, 0.4) is 0 Å². The fraction of sp³-hybridized carbons (Fsp3) is 0.474. The average molecular weight is 364 g/mol. The Morgan fingerprint density at radius 2 is 1.88 bits per heavy atom. The first-order chi connectivity index (χ1) is 11.8. The molecule has 2 aromatic heterocycles. The van der Waals surface area contributed by atoms with Gasteiger partial charge in [-0.15, -0.1) is 0 Å². The number of alkyl halides is 1. The molecule has 1 aliphatic rings. The highest BCUT2D eigenvalue weighted by Gasteiger charge is 2.22. The number of hydrogen-bond acceptors (Lipinski definition) is 4. The Balaban J connectivity index is 1.86. The van der Waals surface area contributed by atoms with Crippen molar-refractivity contribution in [3.63, 3.8) is 0 Å². The van der Waals surface area contributed by atoms with Crippen molar-refractivity contribution in [2.75, 3.05) is 5.32 Å². The number of rotatable bonds is 4. The second kappa shape index (κ2) is 7.26. The summed E-state index contributed by atoms with van der Waals surface area (Å²) >= 11 is 6.07. The maximum atomic E-state index is 13.3. The molecular formula is C19H23ClFN3O. The van der Waals surface area contributed by atoms with E-state index in [1.807, 2.05) is 12.1 Å². The van der Waals surface area contributed by atoms with Gasteiger partial charge in [0.1, 0.15) is 11.3 Å². The number of hydrogen-bond donors (Lipinski definition) is 2. The smallest absolute Gasteiger partial charge is 0.131 e. The van der Waals surface area contributed by atoms with Crippen LogP contribution in [-0.2, 0) is 5.60 Å². The number of pyridine rings is 2. The zero-order valence-electron chi connectivity index (χ0n) is 14.5. The summed E-state index contributed by atoms with van der Waals surface area (Å²) in [6, 6.07) is 5.72. The van der Waals surface area contributed by atoms with Crippen LogP contribution in [0.2, 0.25) is 5.15 Å². The molecule has 0 amide bonds. The molecule has 1 fully saturated rings. The van der Waals surface area contributed by atoms with Crippen LogP contribution in [0.5, 0.6) is 0 Å². The van der Waals surface area contributed by atoms with E-state index in [9.17, 15) is 9.50 Å². The minimum absolute atomic E-state index is 0.222. The zero-order valence-corrected chi connectivity index (χ0v) is 15.2. The standard InChI is InChI=1S/C19H23ClFN3O/c1-19(2,25)12-3-8-16(22-10-12)15-11-23-18(20)9-17(15)24-14-6-4-13(21)5-7-14/h3,8-11,13-14,25H,4-7H2,1-2H3,(H,23,24). The molecule has 4 nitrogen and oxygen atoms in total. The number of nitrogens with zero attached hydrogens (tertiary/aromatic N) is 2. The Morgan fingerprint density at radius 1 is 1.16 bits per heavy atom. The molecule has 0 atom stereocenters. The molecule has 0 unspecified atom stereocenters. The summed E-state index contributed by atoms with van der Waals surface area (Å²) in [4.78, 5) is 8.64. The van der Waals surface area contributed by atoms with Gasteiger partial charge in [0.05, 0.1) is 11.3 Å². The quantitative estimate of drug-likeness (QED) is 0.772. The molecule has 0 aromatic carbocycles. The molecule has 0 saturated heterocycles. The van der Waals surface area contributed by atoms with Crippen molar-refractivity contribution in [2.24, 2.45) is 0 Å². The van der Waals surface area contributed by atoms with Crippen molar-refractivity contribution >= 4 is 17.3 Å². The lowest BCUT2D eigenvalue weighted by Gasteiger charge is -2.27. The van der Waals surface area contributed by atoms with E-state index in [-0.39, 0.29) is 6.04 Å². The molecule has 0 bridgehead atoms. The largest absolute Gasteiger partial charge is 0.386 e. The third kappa shape index (κ3) is 4.47. The van der Waals surface area contributed by atoms with Crippen molar-refractivity contribution in [1.29, 1.82) is 0 Å². The van der Waals surface area contributed by atoms with E-state index in [2.05, 4.69) is 15.3 Å². The van der Waals surface area contributed by atoms with Gasteiger partial charge in [0.25, 0.3) is 0 Å². The number of halogens is 2. The summed E-state index contributed by atoms with van der Waals surface area (Å²) in [5.41, 5.74) is 2.25. The van der Waals surface area contributed by atoms with Crippen molar-refractivity contribution in [2.45, 2.75) is 57.3 Å². The first kappa shape index (κ1) is 18.1. The lowest BCUT2D eigenvalue weighted by molar-refractivity contribution is 0.0782. The SMILES string of the molecule is CC(C)(O)c1ccc(-c2cnc(Cl)cc2NC2CCC(F)CC2)nc1. The summed E-state index contributed by atoms with van der Waals surface area (Å²) in [5, 5.41) is 13.9. The number of aliphatic hydroxyl groups is 1. The highest BCUT2D eigenvalue weighted by atomic mass is 35.5. The van der Waals surface area contributed by atoms with Gasteiger partial charge in [0.15, 0.2) is 0 Å². The van der Waals surface area contributed by atoms with E-state index in [0.717, 1.165) is 35.3 Å². The van der Waals surface area contributed by atoms with E-state index < -0.39 is 11.8 Å². The first-order valence-electron chi connectivity index (χ1n) is 8.58. The molecule has 1 aliphatic carbocycles. The van der Waals surface area contributed by atoms with Crippen LogP contribution in [0, 0.1) is 0 Å². The molecule has 0 radical (unpaired) electrons. The highest BCUT2D eigenvalue weighted by molar-refractivity contribution is 6.29. The molecular weight excluding hydrogens is 341 g/mol. The third-order valence-electron chi connectivity index (χ3n) is 4.63. The highest BCUT2D eigenvalue weighted by Crippen LogP contribution is 2.32. The number of nitrogens with one attached hydrogen (secondary N) is 1. The molecule has 0 spiro atoms. The van der Waals surface area contributed by atoms with E-state index in [0.29, 0.717) is 18.0 Å². The molecule has 1 saturated carbocycles. The van der Waals surface area contributed by atoms with Crippen LogP contribution in [0.4, 0.5) is 10.1 Å². The van der Waals surface area contributed by atoms with Gasteiger partial charge >= 0.3 is 0 Å². The fourth-order valence-corrected chi connectivity index (χ4v) is 3.24. The molecule has 0 aliphatic heterocycles. The van der Waals surface area contributed by atoms with Crippen molar-refractivity contribution < 1.29 is 9.50 Å². The predicted molar refractivity (Wildman–Crippen MR) is 98.5 cm³/mol. The van der Waals surface area contributed by atoms with E-state index in [1.165, 1.54) is 0 Å². The molecule has 3 rings (SSSR count).